The summed E-state index contributed by atoms with van der Waals surface area (Å²) >= 11 is 5.94. The molecule has 0 aliphatic heterocycles. The second-order valence-electron chi connectivity index (χ2n) is 5.89. The Labute approximate surface area is 143 Å². The van der Waals surface area contributed by atoms with Crippen molar-refractivity contribution in [2.75, 3.05) is 0 Å². The number of hydrogen-bond donors (Lipinski definition) is 0. The third kappa shape index (κ3) is 4.97. The van der Waals surface area contributed by atoms with Gasteiger partial charge in [0.2, 0.25) is 0 Å². The minimum Gasteiger partial charge on any atom is -0.391 e. The first kappa shape index (κ1) is 17.3. The summed E-state index contributed by atoms with van der Waals surface area (Å²) in [4.78, 5) is 5.56. The maximum absolute atomic E-state index is 5.94. The second-order valence-corrected chi connectivity index (χ2v) is 6.33. The molecule has 23 heavy (non-hydrogen) atoms. The number of rotatable bonds is 6. The van der Waals surface area contributed by atoms with E-state index in [9.17, 15) is 0 Å². The molecule has 2 nitrogen and oxygen atoms in total. The molecule has 3 heteroatoms. The van der Waals surface area contributed by atoms with Crippen molar-refractivity contribution in [2.24, 2.45) is 11.1 Å². The lowest BCUT2D eigenvalue weighted by Gasteiger charge is -2.10. The van der Waals surface area contributed by atoms with Gasteiger partial charge in [0, 0.05) is 5.02 Å². The molecule has 0 aliphatic rings. The number of hydrogen-bond acceptors (Lipinski definition) is 2. The largest absolute Gasteiger partial charge is 0.391 e. The Morgan fingerprint density at radius 2 is 1.61 bits per heavy atom. The van der Waals surface area contributed by atoms with Crippen LogP contribution in [0.5, 0.6) is 0 Å². The Kier molecular flexibility index (Phi) is 6.00. The van der Waals surface area contributed by atoms with Crippen molar-refractivity contribution in [1.29, 1.82) is 0 Å². The Hall–Kier alpha value is -2.06. The van der Waals surface area contributed by atoms with Crippen LogP contribution in [-0.2, 0) is 11.4 Å². The van der Waals surface area contributed by atoms with Gasteiger partial charge in [-0.25, -0.2) is 0 Å². The number of halogens is 1. The Morgan fingerprint density at radius 1 is 1.04 bits per heavy atom. The van der Waals surface area contributed by atoms with Crippen LogP contribution in [0, 0.1) is 5.92 Å². The molecule has 0 unspecified atom stereocenters. The van der Waals surface area contributed by atoms with Crippen molar-refractivity contribution in [3.8, 4) is 0 Å². The van der Waals surface area contributed by atoms with E-state index in [1.54, 1.807) is 0 Å². The fourth-order valence-electron chi connectivity index (χ4n) is 2.17. The number of allylic oxidation sites excluding steroid dienone is 1. The molecule has 0 saturated heterocycles. The van der Waals surface area contributed by atoms with Crippen LogP contribution in [0.1, 0.15) is 37.5 Å². The molecule has 0 amide bonds. The molecule has 0 aliphatic carbocycles. The second kappa shape index (κ2) is 7.98. The molecule has 0 radical (unpaired) electrons. The van der Waals surface area contributed by atoms with Gasteiger partial charge in [0.25, 0.3) is 0 Å². The van der Waals surface area contributed by atoms with E-state index in [1.165, 1.54) is 0 Å². The lowest BCUT2D eigenvalue weighted by Crippen LogP contribution is -2.10. The molecule has 0 saturated carbocycles. The maximum atomic E-state index is 5.94. The summed E-state index contributed by atoms with van der Waals surface area (Å²) in [6.45, 7) is 10.6. The van der Waals surface area contributed by atoms with E-state index in [0.717, 1.165) is 33.0 Å². The fraction of sp³-hybridized carbons (Fsp3) is 0.250. The summed E-state index contributed by atoms with van der Waals surface area (Å²) in [5.74, 6) is 0.266. The molecular weight excluding hydrogens is 306 g/mol. The average molecular weight is 328 g/mol. The lowest BCUT2D eigenvalue weighted by molar-refractivity contribution is 0.129. The molecule has 0 fully saturated rings. The lowest BCUT2D eigenvalue weighted by atomic mass is 10.0. The molecule has 0 N–H and O–H groups in total. The normalized spacial score (nSPS) is 11.6. The van der Waals surface area contributed by atoms with E-state index < -0.39 is 0 Å². The Bertz CT molecular complexity index is 685. The molecule has 0 atom stereocenters. The van der Waals surface area contributed by atoms with E-state index in [-0.39, 0.29) is 5.92 Å². The number of oxime groups is 1. The zero-order chi connectivity index (χ0) is 16.8. The van der Waals surface area contributed by atoms with Crippen molar-refractivity contribution in [3.63, 3.8) is 0 Å². The van der Waals surface area contributed by atoms with Gasteiger partial charge in [0.05, 0.1) is 5.71 Å². The van der Waals surface area contributed by atoms with Crippen molar-refractivity contribution in [2.45, 2.75) is 27.4 Å². The third-order valence-corrected chi connectivity index (χ3v) is 3.78. The SMILES string of the molecule is C=C(C)c1ccc(CO/N=C(/c2ccc(Cl)cc2)C(C)C)cc1. The van der Waals surface area contributed by atoms with Crippen LogP contribution in [-0.4, -0.2) is 5.71 Å². The predicted octanol–water partition coefficient (Wildman–Crippen LogP) is 5.95. The maximum Gasteiger partial charge on any atom is 0.142 e. The Balaban J connectivity index is 2.06. The monoisotopic (exact) mass is 327 g/mol. The summed E-state index contributed by atoms with van der Waals surface area (Å²) < 4.78 is 0. The molecule has 0 aromatic heterocycles. The number of nitrogens with zero attached hydrogens (tertiary/aromatic N) is 1. The zero-order valence-electron chi connectivity index (χ0n) is 13.8. The van der Waals surface area contributed by atoms with Crippen LogP contribution in [0.25, 0.3) is 5.57 Å². The van der Waals surface area contributed by atoms with Gasteiger partial charge in [-0.15, -0.1) is 0 Å². The van der Waals surface area contributed by atoms with Gasteiger partial charge in [0.1, 0.15) is 6.61 Å². The smallest absolute Gasteiger partial charge is 0.142 e. The van der Waals surface area contributed by atoms with Crippen LogP contribution in [0.2, 0.25) is 5.02 Å². The highest BCUT2D eigenvalue weighted by Gasteiger charge is 2.09. The number of benzene rings is 2. The average Bonchev–Trinajstić information content (AvgIpc) is 2.53. The quantitative estimate of drug-likeness (QED) is 0.474. The van der Waals surface area contributed by atoms with E-state index >= 15 is 0 Å². The molecular formula is C20H22ClNO. The summed E-state index contributed by atoms with van der Waals surface area (Å²) in [5.41, 5.74) is 5.22. The molecule has 2 aromatic rings. The first-order valence-electron chi connectivity index (χ1n) is 7.68. The zero-order valence-corrected chi connectivity index (χ0v) is 14.6. The van der Waals surface area contributed by atoms with Gasteiger partial charge >= 0.3 is 0 Å². The topological polar surface area (TPSA) is 21.6 Å². The minimum absolute atomic E-state index is 0.266. The van der Waals surface area contributed by atoms with Gasteiger partial charge in [-0.2, -0.15) is 0 Å². The van der Waals surface area contributed by atoms with E-state index in [1.807, 2.05) is 55.5 Å². The van der Waals surface area contributed by atoms with Crippen molar-refractivity contribution in [1.82, 2.24) is 0 Å². The highest BCUT2D eigenvalue weighted by molar-refractivity contribution is 6.30. The highest BCUT2D eigenvalue weighted by atomic mass is 35.5. The van der Waals surface area contributed by atoms with Crippen LogP contribution >= 0.6 is 11.6 Å². The van der Waals surface area contributed by atoms with Crippen molar-refractivity contribution < 1.29 is 4.84 Å². The first-order valence-corrected chi connectivity index (χ1v) is 8.06. The van der Waals surface area contributed by atoms with Crippen LogP contribution in [0.15, 0.2) is 60.3 Å². The van der Waals surface area contributed by atoms with E-state index in [2.05, 4.69) is 25.6 Å². The van der Waals surface area contributed by atoms with Gasteiger partial charge < -0.3 is 4.84 Å². The standard InChI is InChI=1S/C20H22ClNO/c1-14(2)17-7-5-16(6-8-17)13-23-22-20(15(3)4)18-9-11-19(21)12-10-18/h5-12,15H,1,13H2,2-4H3/b22-20+. The molecule has 2 rings (SSSR count). The predicted molar refractivity (Wildman–Crippen MR) is 98.8 cm³/mol. The van der Waals surface area contributed by atoms with E-state index in [4.69, 9.17) is 16.4 Å². The summed E-state index contributed by atoms with van der Waals surface area (Å²) in [5, 5.41) is 5.05. The summed E-state index contributed by atoms with van der Waals surface area (Å²) in [7, 11) is 0. The third-order valence-electron chi connectivity index (χ3n) is 3.53. The fourth-order valence-corrected chi connectivity index (χ4v) is 2.30. The summed E-state index contributed by atoms with van der Waals surface area (Å²) in [6.07, 6.45) is 0. The minimum atomic E-state index is 0.266. The first-order chi connectivity index (χ1) is 11.0. The summed E-state index contributed by atoms with van der Waals surface area (Å²) in [6, 6.07) is 15.8. The van der Waals surface area contributed by atoms with Crippen LogP contribution in [0.3, 0.4) is 0 Å². The highest BCUT2D eigenvalue weighted by Crippen LogP contribution is 2.16. The molecule has 2 aromatic carbocycles. The molecule has 120 valence electrons. The van der Waals surface area contributed by atoms with E-state index in [0.29, 0.717) is 6.61 Å². The molecule has 0 heterocycles. The molecule has 0 spiro atoms. The van der Waals surface area contributed by atoms with Crippen molar-refractivity contribution in [3.05, 3.63) is 76.8 Å². The van der Waals surface area contributed by atoms with Gasteiger partial charge in [-0.05, 0) is 41.7 Å². The van der Waals surface area contributed by atoms with Crippen LogP contribution < -0.4 is 0 Å². The van der Waals surface area contributed by atoms with Crippen molar-refractivity contribution >= 4 is 22.9 Å². The van der Waals surface area contributed by atoms with Crippen LogP contribution in [0.4, 0.5) is 0 Å². The Morgan fingerprint density at radius 3 is 2.13 bits per heavy atom. The van der Waals surface area contributed by atoms with Gasteiger partial charge in [-0.3, -0.25) is 0 Å². The molecule has 0 bridgehead atoms. The van der Waals surface area contributed by atoms with Gasteiger partial charge in [-0.1, -0.05) is 79.2 Å². The van der Waals surface area contributed by atoms with Gasteiger partial charge in [0.15, 0.2) is 0 Å².